The van der Waals surface area contributed by atoms with Crippen LogP contribution in [0.3, 0.4) is 0 Å². The summed E-state index contributed by atoms with van der Waals surface area (Å²) in [5.41, 5.74) is 0.792. The van der Waals surface area contributed by atoms with Gasteiger partial charge in [-0.3, -0.25) is 19.7 Å². The molecule has 144 valence electrons. The average molecular weight is 406 g/mol. The molecule has 0 radical (unpaired) electrons. The lowest BCUT2D eigenvalue weighted by Gasteiger charge is -2.09. The van der Waals surface area contributed by atoms with Crippen LogP contribution in [0.1, 0.15) is 27.0 Å². The van der Waals surface area contributed by atoms with Crippen molar-refractivity contribution in [2.75, 3.05) is 0 Å². The van der Waals surface area contributed by atoms with E-state index in [-0.39, 0.29) is 17.4 Å². The first-order valence-corrected chi connectivity index (χ1v) is 8.83. The Hall–Kier alpha value is -3.07. The van der Waals surface area contributed by atoms with Gasteiger partial charge in [-0.15, -0.1) is 0 Å². The van der Waals surface area contributed by atoms with Crippen molar-refractivity contribution in [3.63, 3.8) is 0 Å². The van der Waals surface area contributed by atoms with Crippen molar-refractivity contribution in [1.29, 1.82) is 0 Å². The number of carbonyl (C=O) groups excluding carboxylic acids is 3. The fraction of sp³-hybridized carbons (Fsp3) is 0.105. The van der Waals surface area contributed by atoms with Crippen molar-refractivity contribution in [3.8, 4) is 0 Å². The molecule has 3 amide bonds. The molecular formula is C19H13F3N2O3S. The van der Waals surface area contributed by atoms with Gasteiger partial charge in [0.1, 0.15) is 0 Å². The Labute approximate surface area is 162 Å². The molecule has 3 rings (SSSR count). The van der Waals surface area contributed by atoms with Gasteiger partial charge in [0.05, 0.1) is 10.5 Å². The number of hydrogen-bond acceptors (Lipinski definition) is 4. The number of carbonyl (C=O) groups is 3. The van der Waals surface area contributed by atoms with E-state index in [0.29, 0.717) is 16.7 Å². The zero-order valence-corrected chi connectivity index (χ0v) is 15.0. The molecule has 9 heteroatoms. The lowest BCUT2D eigenvalue weighted by molar-refractivity contribution is -0.137. The first-order chi connectivity index (χ1) is 13.2. The van der Waals surface area contributed by atoms with Crippen LogP contribution in [0.15, 0.2) is 53.4 Å². The molecule has 1 aliphatic heterocycles. The quantitative estimate of drug-likeness (QED) is 0.754. The van der Waals surface area contributed by atoms with Crippen molar-refractivity contribution in [1.82, 2.24) is 10.6 Å². The number of alkyl halides is 3. The number of halogens is 3. The predicted octanol–water partition coefficient (Wildman–Crippen LogP) is 3.96. The second-order valence-electron chi connectivity index (χ2n) is 5.85. The van der Waals surface area contributed by atoms with E-state index in [1.807, 2.05) is 0 Å². The third kappa shape index (κ3) is 4.80. The predicted molar refractivity (Wildman–Crippen MR) is 98.2 cm³/mol. The van der Waals surface area contributed by atoms with Gasteiger partial charge in [0.25, 0.3) is 17.1 Å². The zero-order valence-electron chi connectivity index (χ0n) is 14.2. The molecule has 0 saturated carbocycles. The molecule has 0 aromatic heterocycles. The molecule has 0 atom stereocenters. The summed E-state index contributed by atoms with van der Waals surface area (Å²) in [5, 5.41) is 4.35. The highest BCUT2D eigenvalue weighted by Crippen LogP contribution is 2.29. The smallest absolute Gasteiger partial charge is 0.348 e. The minimum absolute atomic E-state index is 0.0850. The molecule has 0 spiro atoms. The van der Waals surface area contributed by atoms with Gasteiger partial charge in [-0.2, -0.15) is 13.2 Å². The minimum atomic E-state index is -4.40. The molecule has 28 heavy (non-hydrogen) atoms. The zero-order chi connectivity index (χ0) is 20.3. The monoisotopic (exact) mass is 406 g/mol. The molecule has 1 saturated heterocycles. The van der Waals surface area contributed by atoms with Crippen LogP contribution in [0.2, 0.25) is 0 Å². The molecule has 5 nitrogen and oxygen atoms in total. The van der Waals surface area contributed by atoms with Crippen LogP contribution >= 0.6 is 11.8 Å². The van der Waals surface area contributed by atoms with Crippen molar-refractivity contribution < 1.29 is 27.6 Å². The molecule has 0 unspecified atom stereocenters. The van der Waals surface area contributed by atoms with E-state index < -0.39 is 22.9 Å². The van der Waals surface area contributed by atoms with E-state index in [4.69, 9.17) is 0 Å². The van der Waals surface area contributed by atoms with Crippen LogP contribution in [-0.2, 0) is 17.5 Å². The molecule has 1 heterocycles. The Morgan fingerprint density at radius 1 is 1.04 bits per heavy atom. The Morgan fingerprint density at radius 3 is 2.21 bits per heavy atom. The highest BCUT2D eigenvalue weighted by Gasteiger charge is 2.30. The van der Waals surface area contributed by atoms with Crippen molar-refractivity contribution >= 4 is 34.9 Å². The van der Waals surface area contributed by atoms with Crippen LogP contribution in [0.5, 0.6) is 0 Å². The van der Waals surface area contributed by atoms with Crippen LogP contribution < -0.4 is 10.6 Å². The van der Waals surface area contributed by atoms with Gasteiger partial charge in [0, 0.05) is 12.1 Å². The van der Waals surface area contributed by atoms with Gasteiger partial charge < -0.3 is 5.32 Å². The summed E-state index contributed by atoms with van der Waals surface area (Å²) in [6, 6.07) is 10.9. The number of benzene rings is 2. The number of amides is 3. The summed E-state index contributed by atoms with van der Waals surface area (Å²) >= 11 is 0.799. The highest BCUT2D eigenvalue weighted by molar-refractivity contribution is 8.18. The number of imide groups is 1. The van der Waals surface area contributed by atoms with Gasteiger partial charge in [0.15, 0.2) is 0 Å². The first kappa shape index (κ1) is 19.7. The largest absolute Gasteiger partial charge is 0.416 e. The topological polar surface area (TPSA) is 75.3 Å². The van der Waals surface area contributed by atoms with E-state index in [9.17, 15) is 27.6 Å². The van der Waals surface area contributed by atoms with Crippen LogP contribution in [0.25, 0.3) is 6.08 Å². The van der Waals surface area contributed by atoms with E-state index in [1.165, 1.54) is 18.2 Å². The molecule has 0 aliphatic carbocycles. The summed E-state index contributed by atoms with van der Waals surface area (Å²) in [6.07, 6.45) is -2.86. The molecule has 2 N–H and O–H groups in total. The fourth-order valence-corrected chi connectivity index (χ4v) is 3.08. The lowest BCUT2D eigenvalue weighted by Crippen LogP contribution is -2.22. The SMILES string of the molecule is O=C1NC(=O)C(=Cc2ccc(C(=O)NCc3ccc(C(F)(F)F)cc3)cc2)S1. The molecule has 2 aromatic carbocycles. The maximum atomic E-state index is 12.5. The normalized spacial score (nSPS) is 15.6. The van der Waals surface area contributed by atoms with Crippen LogP contribution in [0.4, 0.5) is 18.0 Å². The fourth-order valence-electron chi connectivity index (χ4n) is 2.40. The maximum Gasteiger partial charge on any atom is 0.416 e. The Bertz CT molecular complexity index is 952. The summed E-state index contributed by atoms with van der Waals surface area (Å²) in [6.45, 7) is 0.0850. The van der Waals surface area contributed by atoms with Gasteiger partial charge in [-0.05, 0) is 53.2 Å². The number of thioether (sulfide) groups is 1. The van der Waals surface area contributed by atoms with Gasteiger partial charge in [-0.1, -0.05) is 24.3 Å². The van der Waals surface area contributed by atoms with E-state index in [0.717, 1.165) is 23.9 Å². The molecule has 0 bridgehead atoms. The number of hydrogen-bond donors (Lipinski definition) is 2. The van der Waals surface area contributed by atoms with E-state index in [2.05, 4.69) is 10.6 Å². The Morgan fingerprint density at radius 2 is 1.68 bits per heavy atom. The first-order valence-electron chi connectivity index (χ1n) is 8.01. The van der Waals surface area contributed by atoms with E-state index >= 15 is 0 Å². The van der Waals surface area contributed by atoms with Gasteiger partial charge >= 0.3 is 6.18 Å². The van der Waals surface area contributed by atoms with Gasteiger partial charge in [-0.25, -0.2) is 0 Å². The second-order valence-corrected chi connectivity index (χ2v) is 6.87. The number of nitrogens with one attached hydrogen (secondary N) is 2. The summed E-state index contributed by atoms with van der Waals surface area (Å²) in [7, 11) is 0. The second kappa shape index (κ2) is 7.89. The lowest BCUT2D eigenvalue weighted by atomic mass is 10.1. The van der Waals surface area contributed by atoms with Gasteiger partial charge in [0.2, 0.25) is 0 Å². The third-order valence-electron chi connectivity index (χ3n) is 3.85. The van der Waals surface area contributed by atoms with Crippen molar-refractivity contribution in [2.45, 2.75) is 12.7 Å². The molecular weight excluding hydrogens is 393 g/mol. The maximum absolute atomic E-state index is 12.5. The minimum Gasteiger partial charge on any atom is -0.348 e. The highest BCUT2D eigenvalue weighted by atomic mass is 32.2. The van der Waals surface area contributed by atoms with Crippen LogP contribution in [0, 0.1) is 0 Å². The number of rotatable bonds is 4. The standard InChI is InChI=1S/C19H13F3N2O3S/c20-19(21,22)14-7-3-12(4-8-14)10-23-16(25)13-5-1-11(2-6-13)9-15-17(26)24-18(27)28-15/h1-9H,10H2,(H,23,25)(H,24,26,27). The van der Waals surface area contributed by atoms with Crippen molar-refractivity contribution in [3.05, 3.63) is 75.7 Å². The summed E-state index contributed by atoms with van der Waals surface area (Å²) in [5.74, 6) is -0.851. The third-order valence-corrected chi connectivity index (χ3v) is 4.66. The Kier molecular flexibility index (Phi) is 5.55. The summed E-state index contributed by atoms with van der Waals surface area (Å²) in [4.78, 5) is 35.1. The van der Waals surface area contributed by atoms with Crippen molar-refractivity contribution in [2.24, 2.45) is 0 Å². The Balaban J connectivity index is 1.60. The molecule has 1 aliphatic rings. The summed E-state index contributed by atoms with van der Waals surface area (Å²) < 4.78 is 37.6. The molecule has 1 fully saturated rings. The van der Waals surface area contributed by atoms with E-state index in [1.54, 1.807) is 24.3 Å². The van der Waals surface area contributed by atoms with Crippen LogP contribution in [-0.4, -0.2) is 17.1 Å². The molecule has 2 aromatic rings. The average Bonchev–Trinajstić information content (AvgIpc) is 2.97.